The lowest BCUT2D eigenvalue weighted by molar-refractivity contribution is -0.137. The van der Waals surface area contributed by atoms with Gasteiger partial charge in [0.25, 0.3) is 0 Å². The normalized spacial score (nSPS) is 12.4. The molecular formula is C20H32O2. The molecule has 0 bridgehead atoms. The number of carboxylic acids is 1. The Kier molecular flexibility index (Phi) is 16.2. The first-order valence-electron chi connectivity index (χ1n) is 8.57. The fourth-order valence-electron chi connectivity index (χ4n) is 2.03. The molecule has 0 rings (SSSR count). The fraction of sp³-hybridized carbons (Fsp3) is 0.550. The minimum absolute atomic E-state index is 0.308. The lowest BCUT2D eigenvalue weighted by Gasteiger charge is -1.96. The molecule has 0 fully saturated rings. The number of unbranched alkanes of at least 4 members (excludes halogenated alkanes) is 6. The van der Waals surface area contributed by atoms with Crippen LogP contribution >= 0.6 is 0 Å². The van der Waals surface area contributed by atoms with Gasteiger partial charge in [-0.15, -0.1) is 0 Å². The topological polar surface area (TPSA) is 37.3 Å². The van der Waals surface area contributed by atoms with Crippen LogP contribution in [-0.4, -0.2) is 11.1 Å². The molecular weight excluding hydrogens is 272 g/mol. The molecule has 0 spiro atoms. The Labute approximate surface area is 136 Å². The van der Waals surface area contributed by atoms with Crippen molar-refractivity contribution in [1.29, 1.82) is 0 Å². The zero-order chi connectivity index (χ0) is 16.3. The molecule has 2 nitrogen and oxygen atoms in total. The average molecular weight is 304 g/mol. The third-order valence-corrected chi connectivity index (χ3v) is 3.30. The van der Waals surface area contributed by atoms with Crippen molar-refractivity contribution < 1.29 is 9.90 Å². The smallest absolute Gasteiger partial charge is 0.303 e. The Morgan fingerprint density at radius 3 is 1.91 bits per heavy atom. The minimum Gasteiger partial charge on any atom is -0.481 e. The van der Waals surface area contributed by atoms with Crippen LogP contribution in [0.4, 0.5) is 0 Å². The van der Waals surface area contributed by atoms with Crippen LogP contribution in [0.25, 0.3) is 0 Å². The van der Waals surface area contributed by atoms with Gasteiger partial charge in [0.2, 0.25) is 0 Å². The number of carbonyl (C=O) groups is 1. The third kappa shape index (κ3) is 18.4. The minimum atomic E-state index is -0.683. The van der Waals surface area contributed by atoms with Crippen LogP contribution in [0.15, 0.2) is 48.6 Å². The molecule has 2 heteroatoms. The molecule has 0 atom stereocenters. The Balaban J connectivity index is 3.32. The van der Waals surface area contributed by atoms with Crippen LogP contribution in [0.5, 0.6) is 0 Å². The van der Waals surface area contributed by atoms with E-state index in [1.807, 2.05) is 0 Å². The van der Waals surface area contributed by atoms with E-state index in [9.17, 15) is 4.79 Å². The second-order valence-corrected chi connectivity index (χ2v) is 5.40. The summed E-state index contributed by atoms with van der Waals surface area (Å²) in [7, 11) is 0. The van der Waals surface area contributed by atoms with Crippen molar-refractivity contribution in [2.75, 3.05) is 0 Å². The summed E-state index contributed by atoms with van der Waals surface area (Å²) in [5.74, 6) is -0.683. The molecule has 1 N–H and O–H groups in total. The van der Waals surface area contributed by atoms with Crippen LogP contribution in [0, 0.1) is 0 Å². The van der Waals surface area contributed by atoms with E-state index in [1.165, 1.54) is 0 Å². The van der Waals surface area contributed by atoms with Gasteiger partial charge < -0.3 is 5.11 Å². The van der Waals surface area contributed by atoms with Gasteiger partial charge in [0.15, 0.2) is 0 Å². The summed E-state index contributed by atoms with van der Waals surface area (Å²) in [6.45, 7) is 2.06. The lowest BCUT2D eigenvalue weighted by Crippen LogP contribution is -1.93. The average Bonchev–Trinajstić information content (AvgIpc) is 2.50. The maximum absolute atomic E-state index is 10.3. The number of carboxylic acid groups (broad SMARTS) is 1. The molecule has 0 aliphatic heterocycles. The first kappa shape index (κ1) is 20.4. The second kappa shape index (κ2) is 17.5. The molecule has 0 heterocycles. The Hall–Kier alpha value is -1.57. The Bertz CT molecular complexity index is 362. The number of hydrogen-bond donors (Lipinski definition) is 1. The SMILES string of the molecule is C/C=C/CC/C=C/CC/C=C/C=C/CCCCCCC(=O)O. The van der Waals surface area contributed by atoms with Gasteiger partial charge in [-0.2, -0.15) is 0 Å². The number of aliphatic carboxylic acids is 1. The predicted octanol–water partition coefficient (Wildman–Crippen LogP) is 6.22. The van der Waals surface area contributed by atoms with Crippen molar-refractivity contribution in [1.82, 2.24) is 0 Å². The van der Waals surface area contributed by atoms with E-state index in [1.54, 1.807) is 0 Å². The summed E-state index contributed by atoms with van der Waals surface area (Å²) in [4.78, 5) is 10.3. The Morgan fingerprint density at radius 2 is 1.27 bits per heavy atom. The van der Waals surface area contributed by atoms with E-state index < -0.39 is 5.97 Å². The summed E-state index contributed by atoms with van der Waals surface area (Å²) in [5.41, 5.74) is 0. The maximum Gasteiger partial charge on any atom is 0.303 e. The summed E-state index contributed by atoms with van der Waals surface area (Å²) in [6.07, 6.45) is 27.4. The predicted molar refractivity (Wildman–Crippen MR) is 96.0 cm³/mol. The van der Waals surface area contributed by atoms with Crippen molar-refractivity contribution in [2.24, 2.45) is 0 Å². The summed E-state index contributed by atoms with van der Waals surface area (Å²) >= 11 is 0. The van der Waals surface area contributed by atoms with E-state index >= 15 is 0 Å². The third-order valence-electron chi connectivity index (χ3n) is 3.30. The summed E-state index contributed by atoms with van der Waals surface area (Å²) in [6, 6.07) is 0. The zero-order valence-corrected chi connectivity index (χ0v) is 14.0. The monoisotopic (exact) mass is 304 g/mol. The highest BCUT2D eigenvalue weighted by molar-refractivity contribution is 5.66. The van der Waals surface area contributed by atoms with Gasteiger partial charge in [0.05, 0.1) is 0 Å². The molecule has 22 heavy (non-hydrogen) atoms. The van der Waals surface area contributed by atoms with Crippen molar-refractivity contribution in [2.45, 2.75) is 71.1 Å². The Morgan fingerprint density at radius 1 is 0.727 bits per heavy atom. The van der Waals surface area contributed by atoms with Gasteiger partial charge in [-0.3, -0.25) is 4.79 Å². The van der Waals surface area contributed by atoms with E-state index in [4.69, 9.17) is 5.11 Å². The van der Waals surface area contributed by atoms with Crippen LogP contribution in [0.1, 0.15) is 71.1 Å². The molecule has 0 unspecified atom stereocenters. The van der Waals surface area contributed by atoms with Gasteiger partial charge >= 0.3 is 5.97 Å². The van der Waals surface area contributed by atoms with Crippen molar-refractivity contribution in [3.05, 3.63) is 48.6 Å². The van der Waals surface area contributed by atoms with E-state index in [0.29, 0.717) is 6.42 Å². The first-order valence-corrected chi connectivity index (χ1v) is 8.57. The van der Waals surface area contributed by atoms with Gasteiger partial charge in [-0.05, 0) is 51.9 Å². The molecule has 0 saturated heterocycles. The van der Waals surface area contributed by atoms with Crippen molar-refractivity contribution in [3.8, 4) is 0 Å². The largest absolute Gasteiger partial charge is 0.481 e. The van der Waals surface area contributed by atoms with Crippen molar-refractivity contribution in [3.63, 3.8) is 0 Å². The quantitative estimate of drug-likeness (QED) is 0.235. The zero-order valence-electron chi connectivity index (χ0n) is 14.0. The highest BCUT2D eigenvalue weighted by atomic mass is 16.4. The molecule has 124 valence electrons. The van der Waals surface area contributed by atoms with Crippen LogP contribution in [0.3, 0.4) is 0 Å². The number of rotatable bonds is 14. The van der Waals surface area contributed by atoms with E-state index in [2.05, 4.69) is 55.5 Å². The standard InChI is InChI=1S/C20H32O2/c1-2-3-4-5-6-7-8-9-10-11-12-13-14-15-16-17-18-19-20(21)22/h2-3,6-7,10-13H,4-5,8-9,14-19H2,1H3,(H,21,22)/b3-2+,7-6+,11-10+,13-12+. The van der Waals surface area contributed by atoms with Crippen molar-refractivity contribution >= 4 is 5.97 Å². The summed E-state index contributed by atoms with van der Waals surface area (Å²) < 4.78 is 0. The molecule has 0 aliphatic rings. The second-order valence-electron chi connectivity index (χ2n) is 5.40. The van der Waals surface area contributed by atoms with E-state index in [0.717, 1.165) is 57.8 Å². The maximum atomic E-state index is 10.3. The lowest BCUT2D eigenvalue weighted by atomic mass is 10.1. The molecule has 0 aromatic carbocycles. The molecule has 0 saturated carbocycles. The molecule has 0 aromatic rings. The van der Waals surface area contributed by atoms with E-state index in [-0.39, 0.29) is 0 Å². The van der Waals surface area contributed by atoms with Crippen LogP contribution in [0.2, 0.25) is 0 Å². The molecule has 0 radical (unpaired) electrons. The van der Waals surface area contributed by atoms with Crippen LogP contribution < -0.4 is 0 Å². The molecule has 0 aliphatic carbocycles. The highest BCUT2D eigenvalue weighted by Gasteiger charge is 1.95. The van der Waals surface area contributed by atoms with Gasteiger partial charge in [-0.1, -0.05) is 61.4 Å². The number of hydrogen-bond acceptors (Lipinski definition) is 1. The van der Waals surface area contributed by atoms with Crippen LogP contribution in [-0.2, 0) is 4.79 Å². The highest BCUT2D eigenvalue weighted by Crippen LogP contribution is 2.06. The van der Waals surface area contributed by atoms with Gasteiger partial charge in [-0.25, -0.2) is 0 Å². The molecule has 0 aromatic heterocycles. The summed E-state index contributed by atoms with van der Waals surface area (Å²) in [5, 5.41) is 8.51. The number of allylic oxidation sites excluding steroid dienone is 8. The first-order chi connectivity index (χ1) is 10.8. The van der Waals surface area contributed by atoms with Gasteiger partial charge in [0, 0.05) is 6.42 Å². The molecule has 0 amide bonds. The van der Waals surface area contributed by atoms with Gasteiger partial charge in [0.1, 0.15) is 0 Å². The fourth-order valence-corrected chi connectivity index (χ4v) is 2.03.